The van der Waals surface area contributed by atoms with E-state index in [1.54, 1.807) is 0 Å². The number of carboxylic acid groups (broad SMARTS) is 1. The topological polar surface area (TPSA) is 239 Å². The zero-order valence-corrected chi connectivity index (χ0v) is 17.1. The van der Waals surface area contributed by atoms with Crippen LogP contribution in [0.5, 0.6) is 0 Å². The molecule has 2 amide bonds. The largest absolute Gasteiger partial charge is 0.480 e. The number of hydrogen-bond donors (Lipinski definition) is 7. The molecule has 2 rings (SSSR count). The summed E-state index contributed by atoms with van der Waals surface area (Å²) in [7, 11) is 0. The van der Waals surface area contributed by atoms with E-state index < -0.39 is 36.4 Å². The van der Waals surface area contributed by atoms with Gasteiger partial charge in [0.25, 0.3) is 0 Å². The van der Waals surface area contributed by atoms with Crippen LogP contribution in [0, 0.1) is 0 Å². The lowest BCUT2D eigenvalue weighted by Crippen LogP contribution is -2.47. The third-order valence-corrected chi connectivity index (χ3v) is 4.86. The number of urea groups is 1. The molecule has 1 aromatic heterocycles. The van der Waals surface area contributed by atoms with E-state index >= 15 is 0 Å². The number of guanidine groups is 1. The van der Waals surface area contributed by atoms with Gasteiger partial charge in [-0.05, 0) is 32.1 Å². The van der Waals surface area contributed by atoms with E-state index in [9.17, 15) is 24.9 Å². The number of aliphatic carboxylic acids is 1. The van der Waals surface area contributed by atoms with Gasteiger partial charge >= 0.3 is 12.0 Å². The first kappa shape index (κ1) is 24.3. The molecular formula is C17H30N8O6. The van der Waals surface area contributed by atoms with Gasteiger partial charge in [0.1, 0.15) is 12.1 Å². The number of aliphatic hydroxyl groups excluding tert-OH is 1. The number of nitrogens with one attached hydrogen (secondary N) is 1. The summed E-state index contributed by atoms with van der Waals surface area (Å²) < 4.78 is 5.24. The van der Waals surface area contributed by atoms with Gasteiger partial charge in [0, 0.05) is 19.5 Å². The molecule has 0 spiro atoms. The maximum absolute atomic E-state index is 12.6. The second-order valence-electron chi connectivity index (χ2n) is 7.30. The van der Waals surface area contributed by atoms with Crippen LogP contribution in [0.3, 0.4) is 0 Å². The highest BCUT2D eigenvalue weighted by Crippen LogP contribution is 2.23. The van der Waals surface area contributed by atoms with Crippen molar-refractivity contribution in [3.05, 3.63) is 11.7 Å². The minimum Gasteiger partial charge on any atom is -0.480 e. The number of aliphatic hydroxyl groups is 2. The van der Waals surface area contributed by atoms with Crippen molar-refractivity contribution >= 4 is 18.0 Å². The van der Waals surface area contributed by atoms with Crippen LogP contribution in [0.2, 0.25) is 0 Å². The molecule has 1 unspecified atom stereocenters. The number of likely N-dealkylation sites (tertiary alicyclic amines) is 1. The Hall–Kier alpha value is -2.97. The summed E-state index contributed by atoms with van der Waals surface area (Å²) >= 11 is 0. The number of nitrogens with two attached hydrogens (primary N) is 3. The molecule has 3 atom stereocenters. The Bertz CT molecular complexity index is 766. The Labute approximate surface area is 178 Å². The van der Waals surface area contributed by atoms with E-state index in [1.165, 1.54) is 4.90 Å². The van der Waals surface area contributed by atoms with Gasteiger partial charge in [-0.1, -0.05) is 5.16 Å². The molecular weight excluding hydrogens is 412 g/mol. The van der Waals surface area contributed by atoms with Gasteiger partial charge < -0.3 is 47.3 Å². The highest BCUT2D eigenvalue weighted by atomic mass is 16.5. The number of carbonyl (C=O) groups is 2. The van der Waals surface area contributed by atoms with Crippen molar-refractivity contribution in [2.45, 2.75) is 62.9 Å². The quantitative estimate of drug-likeness (QED) is 0.0901. The fraction of sp³-hybridized carbons (Fsp3) is 0.706. The van der Waals surface area contributed by atoms with Gasteiger partial charge in [-0.3, -0.25) is 4.99 Å². The maximum Gasteiger partial charge on any atom is 0.326 e. The molecule has 1 fully saturated rings. The second-order valence-corrected chi connectivity index (χ2v) is 7.30. The van der Waals surface area contributed by atoms with Crippen LogP contribution < -0.4 is 22.5 Å². The molecule has 1 aliphatic heterocycles. The Morgan fingerprint density at radius 1 is 1.29 bits per heavy atom. The number of hydrogen-bond acceptors (Lipinski definition) is 9. The van der Waals surface area contributed by atoms with Crippen LogP contribution in [0.15, 0.2) is 9.52 Å². The van der Waals surface area contributed by atoms with E-state index in [2.05, 4.69) is 20.4 Å². The van der Waals surface area contributed by atoms with Gasteiger partial charge in [-0.15, -0.1) is 0 Å². The number of nitrogens with zero attached hydrogens (tertiary/aromatic N) is 4. The lowest BCUT2D eigenvalue weighted by atomic mass is 10.1. The first-order valence-electron chi connectivity index (χ1n) is 9.99. The Kier molecular flexibility index (Phi) is 8.96. The van der Waals surface area contributed by atoms with Crippen LogP contribution in [0.4, 0.5) is 4.79 Å². The fourth-order valence-electron chi connectivity index (χ4n) is 3.26. The van der Waals surface area contributed by atoms with Crippen molar-refractivity contribution in [1.29, 1.82) is 0 Å². The van der Waals surface area contributed by atoms with Crippen molar-refractivity contribution in [1.82, 2.24) is 20.4 Å². The van der Waals surface area contributed by atoms with Crippen LogP contribution in [-0.4, -0.2) is 73.7 Å². The second kappa shape index (κ2) is 11.4. The monoisotopic (exact) mass is 442 g/mol. The zero-order chi connectivity index (χ0) is 23.0. The zero-order valence-electron chi connectivity index (χ0n) is 17.1. The number of carboxylic acids is 1. The smallest absolute Gasteiger partial charge is 0.326 e. The van der Waals surface area contributed by atoms with Crippen molar-refractivity contribution in [3.63, 3.8) is 0 Å². The minimum absolute atomic E-state index is 0.0109. The molecule has 31 heavy (non-hydrogen) atoms. The van der Waals surface area contributed by atoms with Gasteiger partial charge in [-0.25, -0.2) is 9.59 Å². The predicted octanol–water partition coefficient (Wildman–Crippen LogP) is -1.49. The number of aliphatic imine (C=N–C) groups is 1. The van der Waals surface area contributed by atoms with Crippen molar-refractivity contribution < 1.29 is 29.4 Å². The van der Waals surface area contributed by atoms with Gasteiger partial charge in [0.05, 0.1) is 6.04 Å². The number of carbonyl (C=O) groups excluding carboxylic acids is 1. The number of aromatic nitrogens is 2. The Balaban J connectivity index is 2.05. The number of rotatable bonds is 11. The van der Waals surface area contributed by atoms with E-state index in [0.29, 0.717) is 38.8 Å². The minimum atomic E-state index is -1.60. The summed E-state index contributed by atoms with van der Waals surface area (Å²) in [5.74, 6) is -0.840. The fourth-order valence-corrected chi connectivity index (χ4v) is 3.26. The molecule has 0 bridgehead atoms. The summed E-state index contributed by atoms with van der Waals surface area (Å²) in [5, 5.41) is 34.2. The molecule has 14 heteroatoms. The highest BCUT2D eigenvalue weighted by Gasteiger charge is 2.35. The van der Waals surface area contributed by atoms with Gasteiger partial charge in [0.15, 0.2) is 18.1 Å². The van der Waals surface area contributed by atoms with Crippen molar-refractivity contribution in [2.24, 2.45) is 22.2 Å². The Morgan fingerprint density at radius 2 is 2.03 bits per heavy atom. The molecule has 174 valence electrons. The molecule has 0 radical (unpaired) electrons. The van der Waals surface area contributed by atoms with Crippen LogP contribution in [0.25, 0.3) is 0 Å². The molecule has 0 aromatic carbocycles. The first-order valence-corrected chi connectivity index (χ1v) is 9.99. The molecule has 0 saturated carbocycles. The summed E-state index contributed by atoms with van der Waals surface area (Å²) in [6, 6.07) is -2.93. The SMILES string of the molecule is NC(N)=NCCC[C@H](N)c1noc([C@H](CCC(O)O)NC(=O)N2CCCC2C(=O)O)n1. The Morgan fingerprint density at radius 3 is 2.68 bits per heavy atom. The van der Waals surface area contributed by atoms with Crippen LogP contribution >= 0.6 is 0 Å². The van der Waals surface area contributed by atoms with Crippen molar-refractivity contribution in [2.75, 3.05) is 13.1 Å². The molecule has 0 aliphatic carbocycles. The highest BCUT2D eigenvalue weighted by molar-refractivity contribution is 5.83. The molecule has 10 N–H and O–H groups in total. The van der Waals surface area contributed by atoms with E-state index in [-0.39, 0.29) is 30.5 Å². The van der Waals surface area contributed by atoms with Crippen LogP contribution in [-0.2, 0) is 4.79 Å². The van der Waals surface area contributed by atoms with Crippen LogP contribution in [0.1, 0.15) is 62.3 Å². The molecule has 2 heterocycles. The summed E-state index contributed by atoms with van der Waals surface area (Å²) in [6.45, 7) is 0.697. The summed E-state index contributed by atoms with van der Waals surface area (Å²) in [4.78, 5) is 33.3. The lowest BCUT2D eigenvalue weighted by molar-refractivity contribution is -0.141. The third-order valence-electron chi connectivity index (χ3n) is 4.86. The predicted molar refractivity (Wildman–Crippen MR) is 107 cm³/mol. The molecule has 1 aliphatic rings. The van der Waals surface area contributed by atoms with Crippen molar-refractivity contribution in [3.8, 4) is 0 Å². The average Bonchev–Trinajstić information content (AvgIpc) is 3.37. The van der Waals surface area contributed by atoms with E-state index in [0.717, 1.165) is 0 Å². The average molecular weight is 442 g/mol. The lowest BCUT2D eigenvalue weighted by Gasteiger charge is -2.24. The summed E-state index contributed by atoms with van der Waals surface area (Å²) in [5.41, 5.74) is 16.6. The van der Waals surface area contributed by atoms with E-state index in [1.807, 2.05) is 0 Å². The standard InChI is InChI=1S/C17H30N8O6/c18-9(3-1-7-21-16(19)20)13-23-14(31-24-13)10(5-6-12(26)27)22-17(30)25-8-2-4-11(25)15(28)29/h9-12,26-27H,1-8,18H2,(H,22,30)(H,28,29)(H4,19,20,21)/t9-,10-,11?/m0/s1. The number of amides is 2. The summed E-state index contributed by atoms with van der Waals surface area (Å²) in [6.07, 6.45) is 0.414. The van der Waals surface area contributed by atoms with E-state index in [4.69, 9.17) is 21.7 Å². The molecule has 14 nitrogen and oxygen atoms in total. The van der Waals surface area contributed by atoms with Gasteiger partial charge in [0.2, 0.25) is 5.89 Å². The first-order chi connectivity index (χ1) is 14.7. The third kappa shape index (κ3) is 7.34. The normalized spacial score (nSPS) is 18.1. The molecule has 1 saturated heterocycles. The van der Waals surface area contributed by atoms with Gasteiger partial charge in [-0.2, -0.15) is 4.98 Å². The molecule has 1 aromatic rings. The maximum atomic E-state index is 12.6.